The standard InChI is InChI=1S/C26H19N3O3/c30-24-14-11-20-15-21(12-13-23(20)32-24)27-26(31)22-17-29(16-18-7-3-1-4-8-18)28-25(22)19-9-5-2-6-10-19/h1-15,17H,16H2,(H,27,31). The maximum Gasteiger partial charge on any atom is 0.336 e. The minimum atomic E-state index is -0.410. The van der Waals surface area contributed by atoms with Crippen molar-refractivity contribution in [1.29, 1.82) is 0 Å². The molecule has 1 N–H and O–H groups in total. The Bertz CT molecular complexity index is 1450. The average molecular weight is 421 g/mol. The third-order valence-electron chi connectivity index (χ3n) is 5.12. The topological polar surface area (TPSA) is 77.1 Å². The van der Waals surface area contributed by atoms with Gasteiger partial charge in [-0.05, 0) is 29.8 Å². The Balaban J connectivity index is 1.48. The number of anilines is 1. The molecule has 1 amide bonds. The third kappa shape index (κ3) is 4.06. The quantitative estimate of drug-likeness (QED) is 0.407. The summed E-state index contributed by atoms with van der Waals surface area (Å²) in [6, 6.07) is 27.8. The molecular weight excluding hydrogens is 402 g/mol. The van der Waals surface area contributed by atoms with Gasteiger partial charge in [0, 0.05) is 28.9 Å². The summed E-state index contributed by atoms with van der Waals surface area (Å²) in [5.41, 5.74) is 3.72. The van der Waals surface area contributed by atoms with Crippen LogP contribution in [-0.2, 0) is 6.54 Å². The number of fused-ring (bicyclic) bond motifs is 1. The second-order valence-electron chi connectivity index (χ2n) is 7.40. The summed E-state index contributed by atoms with van der Waals surface area (Å²) in [4.78, 5) is 24.6. The highest BCUT2D eigenvalue weighted by Crippen LogP contribution is 2.24. The van der Waals surface area contributed by atoms with E-state index in [0.717, 1.165) is 16.5 Å². The molecule has 0 unspecified atom stereocenters. The van der Waals surface area contributed by atoms with E-state index < -0.39 is 5.63 Å². The maximum atomic E-state index is 13.2. The van der Waals surface area contributed by atoms with Gasteiger partial charge in [0.05, 0.1) is 12.1 Å². The smallest absolute Gasteiger partial charge is 0.336 e. The van der Waals surface area contributed by atoms with Gasteiger partial charge in [-0.25, -0.2) is 4.79 Å². The van der Waals surface area contributed by atoms with Crippen molar-refractivity contribution in [3.8, 4) is 11.3 Å². The molecule has 0 saturated carbocycles. The number of nitrogens with one attached hydrogen (secondary N) is 1. The van der Waals surface area contributed by atoms with Crippen LogP contribution < -0.4 is 10.9 Å². The summed E-state index contributed by atoms with van der Waals surface area (Å²) in [6.07, 6.45) is 1.77. The van der Waals surface area contributed by atoms with E-state index in [1.54, 1.807) is 35.1 Å². The average Bonchev–Trinajstić information content (AvgIpc) is 3.24. The van der Waals surface area contributed by atoms with Crippen molar-refractivity contribution in [3.05, 3.63) is 119 Å². The van der Waals surface area contributed by atoms with Crippen LogP contribution in [0.25, 0.3) is 22.2 Å². The number of benzene rings is 3. The fourth-order valence-electron chi connectivity index (χ4n) is 3.60. The van der Waals surface area contributed by atoms with Gasteiger partial charge in [-0.2, -0.15) is 5.10 Å². The van der Waals surface area contributed by atoms with Crippen molar-refractivity contribution in [1.82, 2.24) is 9.78 Å². The molecule has 0 saturated heterocycles. The number of carbonyl (C=O) groups excluding carboxylic acids is 1. The number of amides is 1. The molecule has 2 heterocycles. The number of nitrogens with zero attached hydrogens (tertiary/aromatic N) is 2. The Hall–Kier alpha value is -4.45. The fraction of sp³-hybridized carbons (Fsp3) is 0.0385. The second kappa shape index (κ2) is 8.35. The van der Waals surface area contributed by atoms with Gasteiger partial charge in [0.25, 0.3) is 5.91 Å². The number of hydrogen-bond donors (Lipinski definition) is 1. The Kier molecular flexibility index (Phi) is 5.09. The molecule has 3 aromatic carbocycles. The molecule has 5 rings (SSSR count). The first-order valence-corrected chi connectivity index (χ1v) is 10.2. The highest BCUT2D eigenvalue weighted by Gasteiger charge is 2.18. The highest BCUT2D eigenvalue weighted by atomic mass is 16.4. The minimum absolute atomic E-state index is 0.264. The monoisotopic (exact) mass is 421 g/mol. The molecule has 5 aromatic rings. The molecule has 32 heavy (non-hydrogen) atoms. The summed E-state index contributed by atoms with van der Waals surface area (Å²) in [5, 5.41) is 8.37. The predicted molar refractivity (Wildman–Crippen MR) is 124 cm³/mol. The molecule has 6 nitrogen and oxygen atoms in total. The van der Waals surface area contributed by atoms with Gasteiger partial charge < -0.3 is 9.73 Å². The first kappa shape index (κ1) is 19.5. The Labute approximate surface area is 183 Å². The summed E-state index contributed by atoms with van der Waals surface area (Å²) in [6.45, 7) is 0.558. The van der Waals surface area contributed by atoms with E-state index >= 15 is 0 Å². The molecule has 0 bridgehead atoms. The van der Waals surface area contributed by atoms with Crippen LogP contribution >= 0.6 is 0 Å². The van der Waals surface area contributed by atoms with Crippen molar-refractivity contribution in [2.24, 2.45) is 0 Å². The lowest BCUT2D eigenvalue weighted by molar-refractivity contribution is 0.102. The van der Waals surface area contributed by atoms with Gasteiger partial charge in [0.15, 0.2) is 0 Å². The molecular formula is C26H19N3O3. The lowest BCUT2D eigenvalue weighted by atomic mass is 10.1. The number of carbonyl (C=O) groups is 1. The van der Waals surface area contributed by atoms with Crippen molar-refractivity contribution < 1.29 is 9.21 Å². The van der Waals surface area contributed by atoms with Crippen LogP contribution in [0.3, 0.4) is 0 Å². The molecule has 156 valence electrons. The normalized spacial score (nSPS) is 10.9. The molecule has 2 aromatic heterocycles. The zero-order valence-electron chi connectivity index (χ0n) is 17.1. The van der Waals surface area contributed by atoms with Gasteiger partial charge in [-0.3, -0.25) is 9.48 Å². The van der Waals surface area contributed by atoms with Gasteiger partial charge in [0.2, 0.25) is 0 Å². The first-order chi connectivity index (χ1) is 15.7. The zero-order chi connectivity index (χ0) is 21.9. The van der Waals surface area contributed by atoms with Crippen LogP contribution in [0.5, 0.6) is 0 Å². The Morgan fingerprint density at radius 3 is 2.44 bits per heavy atom. The lowest BCUT2D eigenvalue weighted by Gasteiger charge is -2.06. The molecule has 0 spiro atoms. The van der Waals surface area contributed by atoms with Crippen LogP contribution in [0.15, 0.2) is 106 Å². The van der Waals surface area contributed by atoms with Crippen molar-refractivity contribution >= 4 is 22.6 Å². The van der Waals surface area contributed by atoms with Gasteiger partial charge in [0.1, 0.15) is 11.3 Å². The summed E-state index contributed by atoms with van der Waals surface area (Å²) in [5.74, 6) is -0.264. The third-order valence-corrected chi connectivity index (χ3v) is 5.12. The van der Waals surface area contributed by atoms with E-state index in [0.29, 0.717) is 29.1 Å². The van der Waals surface area contributed by atoms with E-state index in [-0.39, 0.29) is 5.91 Å². The van der Waals surface area contributed by atoms with Gasteiger partial charge >= 0.3 is 5.63 Å². The predicted octanol–water partition coefficient (Wildman–Crippen LogP) is 4.96. The van der Waals surface area contributed by atoms with Crippen LogP contribution in [0.1, 0.15) is 15.9 Å². The SMILES string of the molecule is O=C(Nc1ccc2oc(=O)ccc2c1)c1cn(Cc2ccccc2)nc1-c1ccccc1. The number of rotatable bonds is 5. The summed E-state index contributed by atoms with van der Waals surface area (Å²) in [7, 11) is 0. The summed E-state index contributed by atoms with van der Waals surface area (Å²) >= 11 is 0. The zero-order valence-corrected chi connectivity index (χ0v) is 17.1. The molecule has 0 aliphatic rings. The lowest BCUT2D eigenvalue weighted by Crippen LogP contribution is -2.12. The summed E-state index contributed by atoms with van der Waals surface area (Å²) < 4.78 is 6.94. The molecule has 0 aliphatic heterocycles. The van der Waals surface area contributed by atoms with E-state index in [2.05, 4.69) is 5.32 Å². The maximum absolute atomic E-state index is 13.2. The van der Waals surface area contributed by atoms with Crippen LogP contribution in [-0.4, -0.2) is 15.7 Å². The van der Waals surface area contributed by atoms with Crippen LogP contribution in [0, 0.1) is 0 Å². The van der Waals surface area contributed by atoms with Crippen LogP contribution in [0.4, 0.5) is 5.69 Å². The Morgan fingerprint density at radius 2 is 1.66 bits per heavy atom. The number of aromatic nitrogens is 2. The van der Waals surface area contributed by atoms with Crippen molar-refractivity contribution in [2.45, 2.75) is 6.54 Å². The largest absolute Gasteiger partial charge is 0.423 e. The minimum Gasteiger partial charge on any atom is -0.423 e. The van der Waals surface area contributed by atoms with Crippen molar-refractivity contribution in [2.75, 3.05) is 5.32 Å². The molecule has 0 aliphatic carbocycles. The fourth-order valence-corrected chi connectivity index (χ4v) is 3.60. The highest BCUT2D eigenvalue weighted by molar-refractivity contribution is 6.08. The number of hydrogen-bond acceptors (Lipinski definition) is 4. The first-order valence-electron chi connectivity index (χ1n) is 10.2. The molecule has 0 fully saturated rings. The van der Waals surface area contributed by atoms with E-state index in [9.17, 15) is 9.59 Å². The van der Waals surface area contributed by atoms with E-state index in [4.69, 9.17) is 9.52 Å². The molecule has 0 atom stereocenters. The Morgan fingerprint density at radius 1 is 0.906 bits per heavy atom. The van der Waals surface area contributed by atoms with E-state index in [1.807, 2.05) is 60.7 Å². The van der Waals surface area contributed by atoms with Crippen molar-refractivity contribution in [3.63, 3.8) is 0 Å². The molecule has 0 radical (unpaired) electrons. The van der Waals surface area contributed by atoms with Gasteiger partial charge in [-0.15, -0.1) is 0 Å². The van der Waals surface area contributed by atoms with E-state index in [1.165, 1.54) is 6.07 Å². The molecule has 6 heteroatoms. The second-order valence-corrected chi connectivity index (χ2v) is 7.40. The van der Waals surface area contributed by atoms with Gasteiger partial charge in [-0.1, -0.05) is 60.7 Å². The van der Waals surface area contributed by atoms with Crippen LogP contribution in [0.2, 0.25) is 0 Å².